The summed E-state index contributed by atoms with van der Waals surface area (Å²) in [6.07, 6.45) is 0. The zero-order chi connectivity index (χ0) is 15.2. The summed E-state index contributed by atoms with van der Waals surface area (Å²) < 4.78 is 5.95. The van der Waals surface area contributed by atoms with Gasteiger partial charge in [-0.05, 0) is 46.4 Å². The van der Waals surface area contributed by atoms with Crippen LogP contribution in [0.25, 0.3) is 0 Å². The molecule has 1 aromatic heterocycles. The highest BCUT2D eigenvalue weighted by atomic mass is 79.9. The number of carbonyl (C=O) groups is 1. The number of nitrogens with zero attached hydrogens (tertiary/aromatic N) is 1. The van der Waals surface area contributed by atoms with Crippen molar-refractivity contribution in [3.8, 4) is 0 Å². The third-order valence-corrected chi connectivity index (χ3v) is 4.68. The molecule has 5 heteroatoms. The molecule has 3 nitrogen and oxygen atoms in total. The van der Waals surface area contributed by atoms with Gasteiger partial charge in [0.25, 0.3) is 5.91 Å². The third kappa shape index (κ3) is 4.40. The van der Waals surface area contributed by atoms with E-state index < -0.39 is 0 Å². The fourth-order valence-corrected chi connectivity index (χ4v) is 3.15. The molecule has 0 radical (unpaired) electrons. The van der Waals surface area contributed by atoms with Crippen molar-refractivity contribution in [3.63, 3.8) is 0 Å². The van der Waals surface area contributed by atoms with Crippen LogP contribution in [0.15, 0.2) is 40.2 Å². The summed E-state index contributed by atoms with van der Waals surface area (Å²) in [7, 11) is 1.65. The fourth-order valence-electron chi connectivity index (χ4n) is 2.02. The molecule has 0 N–H and O–H groups in total. The maximum Gasteiger partial charge on any atom is 0.255 e. The fraction of sp³-hybridized carbons (Fsp3) is 0.312. The number of carbonyl (C=O) groups excluding carboxylic acids is 1. The minimum Gasteiger partial charge on any atom is -0.383 e. The number of hydrogen-bond donors (Lipinski definition) is 0. The average Bonchev–Trinajstić information content (AvgIpc) is 2.98. The summed E-state index contributed by atoms with van der Waals surface area (Å²) in [5, 5.41) is 2.02. The Hall–Kier alpha value is -1.17. The number of hydrogen-bond acceptors (Lipinski definition) is 3. The van der Waals surface area contributed by atoms with Crippen molar-refractivity contribution in [2.24, 2.45) is 0 Å². The molecule has 0 saturated heterocycles. The summed E-state index contributed by atoms with van der Waals surface area (Å²) >= 11 is 5.13. The summed E-state index contributed by atoms with van der Waals surface area (Å²) in [5.74, 6) is 0.0241. The molecule has 2 rings (SSSR count). The SMILES string of the molecule is COCCN(Cc1cccs1)C(=O)c1cc(C)ccc1Br. The molecule has 2 aromatic rings. The lowest BCUT2D eigenvalue weighted by Gasteiger charge is -2.22. The van der Waals surface area contributed by atoms with E-state index in [0.29, 0.717) is 25.3 Å². The predicted octanol–water partition coefficient (Wildman–Crippen LogP) is 4.11. The van der Waals surface area contributed by atoms with Crippen LogP contribution in [0, 0.1) is 6.92 Å². The molecule has 112 valence electrons. The van der Waals surface area contributed by atoms with Crippen molar-refractivity contribution in [1.29, 1.82) is 0 Å². The van der Waals surface area contributed by atoms with Gasteiger partial charge in [0.05, 0.1) is 18.7 Å². The molecule has 0 saturated carbocycles. The maximum atomic E-state index is 12.8. The van der Waals surface area contributed by atoms with Crippen molar-refractivity contribution >= 4 is 33.2 Å². The monoisotopic (exact) mass is 367 g/mol. The lowest BCUT2D eigenvalue weighted by Crippen LogP contribution is -2.33. The van der Waals surface area contributed by atoms with Gasteiger partial charge in [-0.1, -0.05) is 17.7 Å². The molecule has 0 unspecified atom stereocenters. The van der Waals surface area contributed by atoms with Gasteiger partial charge in [0, 0.05) is 23.0 Å². The molecule has 0 aliphatic carbocycles. The van der Waals surface area contributed by atoms with Crippen LogP contribution in [-0.2, 0) is 11.3 Å². The average molecular weight is 368 g/mol. The lowest BCUT2D eigenvalue weighted by molar-refractivity contribution is 0.0681. The molecule has 0 bridgehead atoms. The highest BCUT2D eigenvalue weighted by molar-refractivity contribution is 9.10. The first-order valence-corrected chi connectivity index (χ1v) is 8.36. The first kappa shape index (κ1) is 16.2. The van der Waals surface area contributed by atoms with Crippen LogP contribution in [0.4, 0.5) is 0 Å². The summed E-state index contributed by atoms with van der Waals surface area (Å²) in [6.45, 7) is 3.70. The first-order valence-electron chi connectivity index (χ1n) is 6.68. The van der Waals surface area contributed by atoms with Gasteiger partial charge in [-0.15, -0.1) is 11.3 Å². The molecular weight excluding hydrogens is 350 g/mol. The van der Waals surface area contributed by atoms with Gasteiger partial charge in [0.2, 0.25) is 0 Å². The molecule has 21 heavy (non-hydrogen) atoms. The number of methoxy groups -OCH3 is 1. The van der Waals surface area contributed by atoms with Crippen LogP contribution in [-0.4, -0.2) is 31.1 Å². The quantitative estimate of drug-likeness (QED) is 0.768. The predicted molar refractivity (Wildman–Crippen MR) is 89.8 cm³/mol. The standard InChI is InChI=1S/C16H18BrNO2S/c1-12-5-6-15(17)14(10-12)16(19)18(7-8-20-2)11-13-4-3-9-21-13/h3-6,9-10H,7-8,11H2,1-2H3. The van der Waals surface area contributed by atoms with Gasteiger partial charge in [-0.25, -0.2) is 0 Å². The second-order valence-electron chi connectivity index (χ2n) is 4.78. The Morgan fingerprint density at radius 3 is 2.86 bits per heavy atom. The molecule has 0 atom stereocenters. The maximum absolute atomic E-state index is 12.8. The van der Waals surface area contributed by atoms with Crippen LogP contribution in [0.1, 0.15) is 20.8 Å². The third-order valence-electron chi connectivity index (χ3n) is 3.13. The van der Waals surface area contributed by atoms with Crippen LogP contribution in [0.5, 0.6) is 0 Å². The van der Waals surface area contributed by atoms with Crippen LogP contribution in [0.2, 0.25) is 0 Å². The Kier molecular flexibility index (Phi) is 5.96. The number of ether oxygens (including phenoxy) is 1. The Bertz CT molecular complexity index is 598. The van der Waals surface area contributed by atoms with E-state index in [0.717, 1.165) is 10.0 Å². The largest absolute Gasteiger partial charge is 0.383 e. The molecule has 1 aromatic carbocycles. The van der Waals surface area contributed by atoms with E-state index in [4.69, 9.17) is 4.74 Å². The van der Waals surface area contributed by atoms with Crippen molar-refractivity contribution in [3.05, 3.63) is 56.2 Å². The first-order chi connectivity index (χ1) is 10.1. The van der Waals surface area contributed by atoms with Crippen LogP contribution < -0.4 is 0 Å². The van der Waals surface area contributed by atoms with E-state index in [2.05, 4.69) is 15.9 Å². The second-order valence-corrected chi connectivity index (χ2v) is 6.67. The van der Waals surface area contributed by atoms with Crippen molar-refractivity contribution in [2.75, 3.05) is 20.3 Å². The number of aryl methyl sites for hydroxylation is 1. The molecule has 1 amide bonds. The molecule has 1 heterocycles. The number of thiophene rings is 1. The molecule has 0 aliphatic rings. The van der Waals surface area contributed by atoms with Gasteiger partial charge in [-0.3, -0.25) is 4.79 Å². The topological polar surface area (TPSA) is 29.5 Å². The molecule has 0 spiro atoms. The van der Waals surface area contributed by atoms with Gasteiger partial charge < -0.3 is 9.64 Å². The van der Waals surface area contributed by atoms with Gasteiger partial charge in [0.1, 0.15) is 0 Å². The molecule has 0 fully saturated rings. The smallest absolute Gasteiger partial charge is 0.255 e. The van der Waals surface area contributed by atoms with Gasteiger partial charge >= 0.3 is 0 Å². The molecular formula is C16H18BrNO2S. The van der Waals surface area contributed by atoms with E-state index in [1.165, 1.54) is 4.88 Å². The second kappa shape index (κ2) is 7.73. The normalized spacial score (nSPS) is 10.6. The number of benzene rings is 1. The number of rotatable bonds is 6. The Morgan fingerprint density at radius 1 is 1.38 bits per heavy atom. The van der Waals surface area contributed by atoms with Crippen LogP contribution in [0.3, 0.4) is 0 Å². The molecule has 0 aliphatic heterocycles. The van der Waals surface area contributed by atoms with Crippen LogP contribution >= 0.6 is 27.3 Å². The minimum atomic E-state index is 0.0241. The van der Waals surface area contributed by atoms with E-state index in [1.807, 2.05) is 47.5 Å². The Labute approximate surface area is 137 Å². The van der Waals surface area contributed by atoms with Crippen molar-refractivity contribution in [1.82, 2.24) is 4.90 Å². The zero-order valence-electron chi connectivity index (χ0n) is 12.1. The lowest BCUT2D eigenvalue weighted by atomic mass is 10.1. The Morgan fingerprint density at radius 2 is 2.19 bits per heavy atom. The van der Waals surface area contributed by atoms with E-state index in [-0.39, 0.29) is 5.91 Å². The van der Waals surface area contributed by atoms with E-state index >= 15 is 0 Å². The zero-order valence-corrected chi connectivity index (χ0v) is 14.5. The summed E-state index contributed by atoms with van der Waals surface area (Å²) in [4.78, 5) is 15.8. The Balaban J connectivity index is 2.22. The minimum absolute atomic E-state index is 0.0241. The number of amides is 1. The van der Waals surface area contributed by atoms with Crippen molar-refractivity contribution in [2.45, 2.75) is 13.5 Å². The van der Waals surface area contributed by atoms with E-state index in [1.54, 1.807) is 18.4 Å². The highest BCUT2D eigenvalue weighted by Gasteiger charge is 2.19. The van der Waals surface area contributed by atoms with E-state index in [9.17, 15) is 4.79 Å². The summed E-state index contributed by atoms with van der Waals surface area (Å²) in [5.41, 5.74) is 1.77. The highest BCUT2D eigenvalue weighted by Crippen LogP contribution is 2.21. The van der Waals surface area contributed by atoms with Gasteiger partial charge in [-0.2, -0.15) is 0 Å². The number of halogens is 1. The van der Waals surface area contributed by atoms with Gasteiger partial charge in [0.15, 0.2) is 0 Å². The summed E-state index contributed by atoms with van der Waals surface area (Å²) in [6, 6.07) is 9.87. The van der Waals surface area contributed by atoms with Crippen molar-refractivity contribution < 1.29 is 9.53 Å².